The van der Waals surface area contributed by atoms with Gasteiger partial charge in [0.25, 0.3) is 5.91 Å². The van der Waals surface area contributed by atoms with Crippen LogP contribution in [0.1, 0.15) is 49.9 Å². The van der Waals surface area contributed by atoms with E-state index in [2.05, 4.69) is 24.1 Å². The predicted octanol–water partition coefficient (Wildman–Crippen LogP) is 2.07. The van der Waals surface area contributed by atoms with E-state index in [1.807, 2.05) is 0 Å². The first-order valence-electron chi connectivity index (χ1n) is 6.46. The van der Waals surface area contributed by atoms with Crippen molar-refractivity contribution in [3.63, 3.8) is 0 Å². The van der Waals surface area contributed by atoms with Crippen LogP contribution in [0, 0.1) is 5.41 Å². The number of rotatable bonds is 2. The lowest BCUT2D eigenvalue weighted by molar-refractivity contribution is 0.0908. The number of carbonyl (C=O) groups is 1. The Hall–Kier alpha value is -1.58. The van der Waals surface area contributed by atoms with Crippen LogP contribution in [0.25, 0.3) is 0 Å². The first-order valence-corrected chi connectivity index (χ1v) is 6.46. The molecule has 1 aromatic rings. The van der Waals surface area contributed by atoms with Gasteiger partial charge in [-0.05, 0) is 37.2 Å². The van der Waals surface area contributed by atoms with Gasteiger partial charge in [0, 0.05) is 18.3 Å². The predicted molar refractivity (Wildman–Crippen MR) is 70.6 cm³/mol. The number of hydrogen-bond acceptors (Lipinski definition) is 2. The van der Waals surface area contributed by atoms with Gasteiger partial charge in [-0.1, -0.05) is 13.8 Å². The normalized spacial score (nSPS) is 19.4. The Morgan fingerprint density at radius 1 is 1.33 bits per heavy atom. The molecule has 0 saturated heterocycles. The van der Waals surface area contributed by atoms with E-state index in [1.54, 1.807) is 6.07 Å². The second-order valence-corrected chi connectivity index (χ2v) is 5.85. The van der Waals surface area contributed by atoms with Gasteiger partial charge in [0.2, 0.25) is 5.56 Å². The van der Waals surface area contributed by atoms with Gasteiger partial charge >= 0.3 is 0 Å². The van der Waals surface area contributed by atoms with Crippen LogP contribution in [0.5, 0.6) is 0 Å². The van der Waals surface area contributed by atoms with E-state index >= 15 is 0 Å². The molecule has 4 nitrogen and oxygen atoms in total. The van der Waals surface area contributed by atoms with Gasteiger partial charge in [-0.3, -0.25) is 9.59 Å². The minimum Gasteiger partial charge on any atom is -0.349 e. The van der Waals surface area contributed by atoms with Crippen LogP contribution in [0.15, 0.2) is 23.1 Å². The Balaban J connectivity index is 1.92. The monoisotopic (exact) mass is 248 g/mol. The number of amides is 1. The number of pyridine rings is 1. The highest BCUT2D eigenvalue weighted by molar-refractivity contribution is 5.93. The highest BCUT2D eigenvalue weighted by atomic mass is 16.2. The maximum Gasteiger partial charge on any atom is 0.252 e. The fourth-order valence-corrected chi connectivity index (χ4v) is 2.36. The van der Waals surface area contributed by atoms with Gasteiger partial charge in [0.15, 0.2) is 0 Å². The van der Waals surface area contributed by atoms with E-state index in [9.17, 15) is 9.59 Å². The van der Waals surface area contributed by atoms with Crippen LogP contribution in [0.3, 0.4) is 0 Å². The third-order valence-electron chi connectivity index (χ3n) is 3.72. The van der Waals surface area contributed by atoms with Gasteiger partial charge in [0.1, 0.15) is 0 Å². The summed E-state index contributed by atoms with van der Waals surface area (Å²) in [6.45, 7) is 4.54. The molecular weight excluding hydrogens is 228 g/mol. The molecule has 1 fully saturated rings. The number of aromatic amines is 1. The molecule has 1 saturated carbocycles. The van der Waals surface area contributed by atoms with Crippen molar-refractivity contribution in [3.05, 3.63) is 34.2 Å². The fraction of sp³-hybridized carbons (Fsp3) is 0.571. The zero-order valence-electron chi connectivity index (χ0n) is 11.0. The van der Waals surface area contributed by atoms with Crippen LogP contribution in [-0.4, -0.2) is 16.9 Å². The number of H-pyrrole nitrogens is 1. The number of carbonyl (C=O) groups excluding carboxylic acids is 1. The molecule has 2 N–H and O–H groups in total. The lowest BCUT2D eigenvalue weighted by Gasteiger charge is -2.34. The van der Waals surface area contributed by atoms with Crippen molar-refractivity contribution in [3.8, 4) is 0 Å². The zero-order valence-corrected chi connectivity index (χ0v) is 11.0. The lowest BCUT2D eigenvalue weighted by atomic mass is 9.75. The molecule has 1 aliphatic carbocycles. The molecule has 0 spiro atoms. The van der Waals surface area contributed by atoms with Crippen molar-refractivity contribution in [2.24, 2.45) is 5.41 Å². The molecule has 98 valence electrons. The van der Waals surface area contributed by atoms with Crippen molar-refractivity contribution < 1.29 is 4.79 Å². The van der Waals surface area contributed by atoms with E-state index in [-0.39, 0.29) is 17.5 Å². The Labute approximate surface area is 107 Å². The molecule has 4 heteroatoms. The molecule has 0 radical (unpaired) electrons. The van der Waals surface area contributed by atoms with Gasteiger partial charge in [-0.25, -0.2) is 0 Å². The minimum atomic E-state index is -0.189. The van der Waals surface area contributed by atoms with E-state index in [0.717, 1.165) is 25.7 Å². The van der Waals surface area contributed by atoms with Crippen molar-refractivity contribution in [1.29, 1.82) is 0 Å². The molecule has 0 unspecified atom stereocenters. The summed E-state index contributed by atoms with van der Waals surface area (Å²) in [5, 5.41) is 3.03. The van der Waals surface area contributed by atoms with Crippen molar-refractivity contribution >= 4 is 5.91 Å². The van der Waals surface area contributed by atoms with Gasteiger partial charge < -0.3 is 10.3 Å². The maximum atomic E-state index is 12.0. The van der Waals surface area contributed by atoms with Gasteiger partial charge in [-0.2, -0.15) is 0 Å². The number of hydrogen-bond donors (Lipinski definition) is 2. The summed E-state index contributed by atoms with van der Waals surface area (Å²) in [5.41, 5.74) is 0.726. The molecule has 1 amide bonds. The first-order chi connectivity index (χ1) is 8.46. The van der Waals surface area contributed by atoms with E-state index < -0.39 is 0 Å². The van der Waals surface area contributed by atoms with Crippen molar-refractivity contribution in [2.75, 3.05) is 0 Å². The standard InChI is InChI=1S/C14H20N2O2/c1-14(2)7-5-11(6-8-14)16-13(18)10-3-4-12(17)15-9-10/h3-4,9,11H,5-8H2,1-2H3,(H,15,17)(H,16,18). The molecule has 1 aromatic heterocycles. The largest absolute Gasteiger partial charge is 0.349 e. The average Bonchev–Trinajstić information content (AvgIpc) is 2.33. The van der Waals surface area contributed by atoms with Crippen LogP contribution in [0.4, 0.5) is 0 Å². The quantitative estimate of drug-likeness (QED) is 0.841. The summed E-state index contributed by atoms with van der Waals surface area (Å²) in [4.78, 5) is 25.4. The molecule has 1 aliphatic rings. The molecule has 18 heavy (non-hydrogen) atoms. The first kappa shape index (κ1) is 12.9. The molecule has 1 heterocycles. The summed E-state index contributed by atoms with van der Waals surface area (Å²) in [6.07, 6.45) is 5.81. The number of nitrogens with one attached hydrogen (secondary N) is 2. The Morgan fingerprint density at radius 3 is 2.56 bits per heavy atom. The Kier molecular flexibility index (Phi) is 3.55. The summed E-state index contributed by atoms with van der Waals surface area (Å²) in [5.74, 6) is -0.101. The van der Waals surface area contributed by atoms with E-state index in [4.69, 9.17) is 0 Å². The van der Waals surface area contributed by atoms with E-state index in [0.29, 0.717) is 11.0 Å². The van der Waals surface area contributed by atoms with Crippen molar-refractivity contribution in [1.82, 2.24) is 10.3 Å². The molecule has 0 bridgehead atoms. The second-order valence-electron chi connectivity index (χ2n) is 5.85. The summed E-state index contributed by atoms with van der Waals surface area (Å²) >= 11 is 0. The van der Waals surface area contributed by atoms with Crippen molar-refractivity contribution in [2.45, 2.75) is 45.6 Å². The average molecular weight is 248 g/mol. The van der Waals surface area contributed by atoms with Gasteiger partial charge in [0.05, 0.1) is 5.56 Å². The fourth-order valence-electron chi connectivity index (χ4n) is 2.36. The van der Waals surface area contributed by atoms with Gasteiger partial charge in [-0.15, -0.1) is 0 Å². The summed E-state index contributed by atoms with van der Waals surface area (Å²) < 4.78 is 0. The molecule has 0 atom stereocenters. The second kappa shape index (κ2) is 4.96. The topological polar surface area (TPSA) is 62.0 Å². The SMILES string of the molecule is CC1(C)CCC(NC(=O)c2ccc(=O)[nH]c2)CC1. The smallest absolute Gasteiger partial charge is 0.252 e. The maximum absolute atomic E-state index is 12.0. The Morgan fingerprint density at radius 2 is 2.00 bits per heavy atom. The zero-order chi connectivity index (χ0) is 13.2. The van der Waals surface area contributed by atoms with Crippen LogP contribution >= 0.6 is 0 Å². The van der Waals surface area contributed by atoms with Crippen LogP contribution < -0.4 is 10.9 Å². The summed E-state index contributed by atoms with van der Waals surface area (Å²) in [6, 6.07) is 3.19. The highest BCUT2D eigenvalue weighted by Crippen LogP contribution is 2.34. The molecule has 0 aliphatic heterocycles. The molecule has 0 aromatic carbocycles. The Bertz CT molecular complexity index is 460. The third-order valence-corrected chi connectivity index (χ3v) is 3.72. The lowest BCUT2D eigenvalue weighted by Crippen LogP contribution is -2.39. The van der Waals surface area contributed by atoms with Crippen LogP contribution in [-0.2, 0) is 0 Å². The number of aromatic nitrogens is 1. The molecular formula is C14H20N2O2. The highest BCUT2D eigenvalue weighted by Gasteiger charge is 2.27. The molecule has 2 rings (SSSR count). The summed E-state index contributed by atoms with van der Waals surface area (Å²) in [7, 11) is 0. The minimum absolute atomic E-state index is 0.101. The van der Waals surface area contributed by atoms with Crippen LogP contribution in [0.2, 0.25) is 0 Å². The van der Waals surface area contributed by atoms with E-state index in [1.165, 1.54) is 12.3 Å². The third kappa shape index (κ3) is 3.22.